The van der Waals surface area contributed by atoms with Crippen LogP contribution in [0.5, 0.6) is 0 Å². The van der Waals surface area contributed by atoms with Gasteiger partial charge in [-0.25, -0.2) is 0 Å². The van der Waals surface area contributed by atoms with Gasteiger partial charge in [-0.15, -0.1) is 11.3 Å². The number of rotatable bonds is 7. The van der Waals surface area contributed by atoms with Crippen LogP contribution in [0.15, 0.2) is 17.5 Å². The third-order valence-electron chi connectivity index (χ3n) is 4.71. The lowest BCUT2D eigenvalue weighted by Crippen LogP contribution is -2.52. The average molecular weight is 338 g/mol. The minimum absolute atomic E-state index is 0.149. The molecule has 2 atom stereocenters. The Balaban J connectivity index is 1.47. The molecule has 23 heavy (non-hydrogen) atoms. The molecule has 2 aliphatic heterocycles. The van der Waals surface area contributed by atoms with Gasteiger partial charge in [-0.05, 0) is 24.3 Å². The van der Waals surface area contributed by atoms with Crippen LogP contribution in [0.2, 0.25) is 0 Å². The molecule has 0 bridgehead atoms. The van der Waals surface area contributed by atoms with Crippen LogP contribution in [0.25, 0.3) is 0 Å². The molecule has 0 aliphatic carbocycles. The van der Waals surface area contributed by atoms with Crippen LogP contribution in [0, 0.1) is 5.92 Å². The molecule has 1 N–H and O–H groups in total. The minimum Gasteiger partial charge on any atom is -0.381 e. The van der Waals surface area contributed by atoms with Gasteiger partial charge in [0.05, 0.1) is 19.8 Å². The number of carbonyl (C=O) groups is 1. The van der Waals surface area contributed by atoms with Crippen LogP contribution < -0.4 is 5.32 Å². The minimum atomic E-state index is 0.149. The molecule has 3 heterocycles. The number of hydrogen-bond donors (Lipinski definition) is 1. The molecule has 6 heteroatoms. The monoisotopic (exact) mass is 338 g/mol. The van der Waals surface area contributed by atoms with E-state index in [-0.39, 0.29) is 5.91 Å². The molecule has 1 aromatic heterocycles. The van der Waals surface area contributed by atoms with Gasteiger partial charge in [0.15, 0.2) is 0 Å². The molecule has 0 unspecified atom stereocenters. The van der Waals surface area contributed by atoms with Crippen LogP contribution in [-0.4, -0.2) is 62.9 Å². The largest absolute Gasteiger partial charge is 0.381 e. The lowest BCUT2D eigenvalue weighted by molar-refractivity contribution is -0.121. The SMILES string of the molecule is O=C(CCc1cccs1)NC[C@H]([C@@H]1CCOC1)N1CCOCC1. The zero-order valence-corrected chi connectivity index (χ0v) is 14.4. The Morgan fingerprint density at radius 1 is 1.35 bits per heavy atom. The van der Waals surface area contributed by atoms with Crippen LogP contribution >= 0.6 is 11.3 Å². The first-order valence-corrected chi connectivity index (χ1v) is 9.39. The van der Waals surface area contributed by atoms with E-state index in [9.17, 15) is 4.79 Å². The van der Waals surface area contributed by atoms with Crippen molar-refractivity contribution in [2.75, 3.05) is 46.1 Å². The van der Waals surface area contributed by atoms with E-state index >= 15 is 0 Å². The fraction of sp³-hybridized carbons (Fsp3) is 0.706. The van der Waals surface area contributed by atoms with Crippen molar-refractivity contribution < 1.29 is 14.3 Å². The molecule has 2 aliphatic rings. The van der Waals surface area contributed by atoms with Crippen LogP contribution in [0.3, 0.4) is 0 Å². The summed E-state index contributed by atoms with van der Waals surface area (Å²) in [4.78, 5) is 15.9. The lowest BCUT2D eigenvalue weighted by Gasteiger charge is -2.37. The predicted octanol–water partition coefficient (Wildman–Crippen LogP) is 1.53. The molecule has 128 valence electrons. The Hall–Kier alpha value is -0.950. The van der Waals surface area contributed by atoms with E-state index in [1.807, 2.05) is 6.07 Å². The van der Waals surface area contributed by atoms with E-state index in [2.05, 4.69) is 21.7 Å². The summed E-state index contributed by atoms with van der Waals surface area (Å²) in [5.41, 5.74) is 0. The van der Waals surface area contributed by atoms with Crippen LogP contribution in [0.4, 0.5) is 0 Å². The van der Waals surface area contributed by atoms with E-state index in [0.29, 0.717) is 18.4 Å². The predicted molar refractivity (Wildman–Crippen MR) is 90.8 cm³/mol. The van der Waals surface area contributed by atoms with Gasteiger partial charge in [0.1, 0.15) is 0 Å². The van der Waals surface area contributed by atoms with Gasteiger partial charge in [-0.2, -0.15) is 0 Å². The van der Waals surface area contributed by atoms with Gasteiger partial charge in [0.2, 0.25) is 5.91 Å². The van der Waals surface area contributed by atoms with Crippen molar-refractivity contribution in [1.29, 1.82) is 0 Å². The molecule has 2 fully saturated rings. The summed E-state index contributed by atoms with van der Waals surface area (Å²) in [6.07, 6.45) is 2.49. The zero-order valence-electron chi connectivity index (χ0n) is 13.5. The highest BCUT2D eigenvalue weighted by Crippen LogP contribution is 2.22. The summed E-state index contributed by atoms with van der Waals surface area (Å²) in [7, 11) is 0. The highest BCUT2D eigenvalue weighted by Gasteiger charge is 2.31. The topological polar surface area (TPSA) is 50.8 Å². The quantitative estimate of drug-likeness (QED) is 0.819. The fourth-order valence-electron chi connectivity index (χ4n) is 3.36. The molecule has 0 aromatic carbocycles. The van der Waals surface area contributed by atoms with Gasteiger partial charge in [0.25, 0.3) is 0 Å². The average Bonchev–Trinajstić information content (AvgIpc) is 3.28. The van der Waals surface area contributed by atoms with Crippen LogP contribution in [0.1, 0.15) is 17.7 Å². The maximum atomic E-state index is 12.2. The number of nitrogens with zero attached hydrogens (tertiary/aromatic N) is 1. The van der Waals surface area contributed by atoms with E-state index in [4.69, 9.17) is 9.47 Å². The number of morpholine rings is 1. The van der Waals surface area contributed by atoms with E-state index in [1.54, 1.807) is 11.3 Å². The van der Waals surface area contributed by atoms with Gasteiger partial charge in [-0.1, -0.05) is 6.07 Å². The van der Waals surface area contributed by atoms with Crippen molar-refractivity contribution >= 4 is 17.2 Å². The second-order valence-electron chi connectivity index (χ2n) is 6.22. The number of hydrogen-bond acceptors (Lipinski definition) is 5. The molecule has 3 rings (SSSR count). The molecule has 1 amide bonds. The Labute approximate surface area is 142 Å². The van der Waals surface area contributed by atoms with Gasteiger partial charge < -0.3 is 14.8 Å². The Morgan fingerprint density at radius 3 is 2.91 bits per heavy atom. The molecule has 5 nitrogen and oxygen atoms in total. The standard InChI is InChI=1S/C17H26N2O3S/c20-17(4-3-15-2-1-11-23-15)18-12-16(14-5-8-22-13-14)19-6-9-21-10-7-19/h1-2,11,14,16H,3-10,12-13H2,(H,18,20)/t14-,16-/m1/s1. The number of thiophene rings is 1. The molecule has 1 aromatic rings. The Morgan fingerprint density at radius 2 is 2.22 bits per heavy atom. The number of carbonyl (C=O) groups excluding carboxylic acids is 1. The second-order valence-corrected chi connectivity index (χ2v) is 7.26. The number of ether oxygens (including phenoxy) is 2. The van der Waals surface area contributed by atoms with Crippen molar-refractivity contribution in [3.8, 4) is 0 Å². The third kappa shape index (κ3) is 5.01. The van der Waals surface area contributed by atoms with Gasteiger partial charge in [0, 0.05) is 49.5 Å². The van der Waals surface area contributed by atoms with E-state index in [0.717, 1.165) is 58.9 Å². The van der Waals surface area contributed by atoms with Crippen LogP contribution in [-0.2, 0) is 20.7 Å². The summed E-state index contributed by atoms with van der Waals surface area (Å²) in [5.74, 6) is 0.668. The molecule has 0 saturated carbocycles. The first-order valence-electron chi connectivity index (χ1n) is 8.51. The number of nitrogens with one attached hydrogen (secondary N) is 1. The number of aryl methyl sites for hydroxylation is 1. The van der Waals surface area contributed by atoms with Crippen molar-refractivity contribution in [1.82, 2.24) is 10.2 Å². The molecule has 0 spiro atoms. The fourth-order valence-corrected chi connectivity index (χ4v) is 4.07. The van der Waals surface area contributed by atoms with E-state index in [1.165, 1.54) is 4.88 Å². The molecule has 0 radical (unpaired) electrons. The second kappa shape index (κ2) is 8.78. The summed E-state index contributed by atoms with van der Waals surface area (Å²) in [6, 6.07) is 4.49. The van der Waals surface area contributed by atoms with Crippen molar-refractivity contribution in [2.24, 2.45) is 5.92 Å². The van der Waals surface area contributed by atoms with Crippen molar-refractivity contribution in [2.45, 2.75) is 25.3 Å². The summed E-state index contributed by atoms with van der Waals surface area (Å²) in [6.45, 7) is 5.85. The molecular weight excluding hydrogens is 312 g/mol. The van der Waals surface area contributed by atoms with Crippen molar-refractivity contribution in [3.63, 3.8) is 0 Å². The molecular formula is C17H26N2O3S. The Bertz CT molecular complexity index is 468. The smallest absolute Gasteiger partial charge is 0.220 e. The summed E-state index contributed by atoms with van der Waals surface area (Å²) in [5, 5.41) is 5.20. The first kappa shape index (κ1) is 16.9. The highest BCUT2D eigenvalue weighted by molar-refractivity contribution is 7.09. The Kier molecular flexibility index (Phi) is 6.45. The molecule has 2 saturated heterocycles. The van der Waals surface area contributed by atoms with Crippen molar-refractivity contribution in [3.05, 3.63) is 22.4 Å². The summed E-state index contributed by atoms with van der Waals surface area (Å²) >= 11 is 1.71. The maximum Gasteiger partial charge on any atom is 0.220 e. The summed E-state index contributed by atoms with van der Waals surface area (Å²) < 4.78 is 11.0. The highest BCUT2D eigenvalue weighted by atomic mass is 32.1. The van der Waals surface area contributed by atoms with E-state index < -0.39 is 0 Å². The maximum absolute atomic E-state index is 12.2. The zero-order chi connectivity index (χ0) is 15.9. The normalized spacial score (nSPS) is 23.7. The van der Waals surface area contributed by atoms with Gasteiger partial charge >= 0.3 is 0 Å². The lowest BCUT2D eigenvalue weighted by atomic mass is 9.97. The first-order chi connectivity index (χ1) is 11.3. The van der Waals surface area contributed by atoms with Gasteiger partial charge in [-0.3, -0.25) is 9.69 Å². The number of amides is 1. The third-order valence-corrected chi connectivity index (χ3v) is 5.65.